The molecule has 0 radical (unpaired) electrons. The van der Waals surface area contributed by atoms with E-state index in [0.717, 1.165) is 12.3 Å². The van der Waals surface area contributed by atoms with Crippen LogP contribution in [0.5, 0.6) is 0 Å². The Balaban J connectivity index is 2.61. The van der Waals surface area contributed by atoms with Gasteiger partial charge in [-0.2, -0.15) is 0 Å². The highest BCUT2D eigenvalue weighted by molar-refractivity contribution is 7.90. The lowest BCUT2D eigenvalue weighted by Gasteiger charge is -2.15. The third-order valence-corrected chi connectivity index (χ3v) is 4.41. The Morgan fingerprint density at radius 2 is 1.87 bits per heavy atom. The molecule has 0 aromatic heterocycles. The summed E-state index contributed by atoms with van der Waals surface area (Å²) in [5.41, 5.74) is 0.453. The van der Waals surface area contributed by atoms with E-state index in [1.807, 2.05) is 0 Å². The quantitative estimate of drug-likeness (QED) is 0.702. The molecular formula is C15H20FNO5S. The molecule has 0 saturated carbocycles. The molecule has 2 N–H and O–H groups in total. The maximum atomic E-state index is 13.8. The van der Waals surface area contributed by atoms with Crippen LogP contribution in [0.3, 0.4) is 0 Å². The fourth-order valence-corrected chi connectivity index (χ4v) is 2.77. The van der Waals surface area contributed by atoms with Crippen LogP contribution in [-0.4, -0.2) is 31.7 Å². The molecule has 0 bridgehead atoms. The van der Waals surface area contributed by atoms with E-state index in [4.69, 9.17) is 5.11 Å². The molecule has 23 heavy (non-hydrogen) atoms. The minimum absolute atomic E-state index is 0.0149. The Morgan fingerprint density at radius 3 is 2.39 bits per heavy atom. The Morgan fingerprint density at radius 1 is 1.26 bits per heavy atom. The highest BCUT2D eigenvalue weighted by atomic mass is 32.2. The van der Waals surface area contributed by atoms with Gasteiger partial charge in [-0.25, -0.2) is 12.8 Å². The third-order valence-electron chi connectivity index (χ3n) is 3.28. The van der Waals surface area contributed by atoms with Crippen molar-refractivity contribution in [3.05, 3.63) is 29.6 Å². The van der Waals surface area contributed by atoms with Crippen LogP contribution in [0.4, 0.5) is 4.39 Å². The summed E-state index contributed by atoms with van der Waals surface area (Å²) in [6.45, 7) is 1.66. The van der Waals surface area contributed by atoms with Gasteiger partial charge in [0.2, 0.25) is 5.91 Å². The van der Waals surface area contributed by atoms with Crippen molar-refractivity contribution >= 4 is 21.7 Å². The molecule has 0 fully saturated rings. The molecule has 1 unspecified atom stereocenters. The summed E-state index contributed by atoms with van der Waals surface area (Å²) in [7, 11) is -3.63. The number of halogens is 1. The van der Waals surface area contributed by atoms with Crippen molar-refractivity contribution in [1.82, 2.24) is 5.32 Å². The lowest BCUT2D eigenvalue weighted by Crippen LogP contribution is -2.26. The number of unbranched alkanes of at least 4 members (excludes halogenated alkanes) is 1. The van der Waals surface area contributed by atoms with Crippen LogP contribution in [0.15, 0.2) is 23.1 Å². The van der Waals surface area contributed by atoms with Crippen LogP contribution in [0, 0.1) is 5.82 Å². The van der Waals surface area contributed by atoms with Crippen molar-refractivity contribution in [3.63, 3.8) is 0 Å². The van der Waals surface area contributed by atoms with Crippen LogP contribution in [-0.2, 0) is 19.4 Å². The predicted octanol–water partition coefficient (Wildman–Crippen LogP) is 2.05. The van der Waals surface area contributed by atoms with Crippen molar-refractivity contribution in [1.29, 1.82) is 0 Å². The minimum Gasteiger partial charge on any atom is -0.481 e. The second-order valence-electron chi connectivity index (χ2n) is 5.35. The monoisotopic (exact) mass is 345 g/mol. The Bertz CT molecular complexity index is 687. The zero-order chi connectivity index (χ0) is 17.6. The smallest absolute Gasteiger partial charge is 0.303 e. The van der Waals surface area contributed by atoms with Crippen LogP contribution >= 0.6 is 0 Å². The van der Waals surface area contributed by atoms with Crippen molar-refractivity contribution < 1.29 is 27.5 Å². The molecule has 0 aliphatic rings. The third kappa shape index (κ3) is 6.35. The largest absolute Gasteiger partial charge is 0.481 e. The van der Waals surface area contributed by atoms with Crippen molar-refractivity contribution in [3.8, 4) is 0 Å². The summed E-state index contributed by atoms with van der Waals surface area (Å²) in [5, 5.41) is 11.2. The van der Waals surface area contributed by atoms with Crippen LogP contribution in [0.2, 0.25) is 0 Å². The number of aliphatic carboxylic acids is 1. The van der Waals surface area contributed by atoms with Crippen LogP contribution in [0.25, 0.3) is 0 Å². The average Bonchev–Trinajstić information content (AvgIpc) is 2.41. The number of amides is 1. The number of carbonyl (C=O) groups excluding carboxylic acids is 1. The minimum atomic E-state index is -3.63. The summed E-state index contributed by atoms with van der Waals surface area (Å²) >= 11 is 0. The Labute approximate surface area is 134 Å². The molecule has 128 valence electrons. The summed E-state index contributed by atoms with van der Waals surface area (Å²) in [6, 6.07) is 3.24. The second kappa shape index (κ2) is 8.05. The summed E-state index contributed by atoms with van der Waals surface area (Å²) in [4.78, 5) is 21.7. The summed E-state index contributed by atoms with van der Waals surface area (Å²) in [5.74, 6) is -2.02. The van der Waals surface area contributed by atoms with Gasteiger partial charge in [0, 0.05) is 19.1 Å². The van der Waals surface area contributed by atoms with Gasteiger partial charge in [-0.05, 0) is 37.5 Å². The maximum Gasteiger partial charge on any atom is 0.303 e. The van der Waals surface area contributed by atoms with E-state index in [1.165, 1.54) is 12.1 Å². The number of sulfone groups is 1. The number of carbonyl (C=O) groups is 2. The number of benzene rings is 1. The van der Waals surface area contributed by atoms with Gasteiger partial charge in [-0.1, -0.05) is 6.07 Å². The molecule has 8 heteroatoms. The van der Waals surface area contributed by atoms with Crippen molar-refractivity contribution in [2.45, 2.75) is 43.5 Å². The van der Waals surface area contributed by atoms with E-state index in [2.05, 4.69) is 5.32 Å². The first kappa shape index (κ1) is 19.1. The number of carboxylic acids is 1. The zero-order valence-corrected chi connectivity index (χ0v) is 13.8. The molecular weight excluding hydrogens is 325 g/mol. The lowest BCUT2D eigenvalue weighted by atomic mass is 10.1. The van der Waals surface area contributed by atoms with Gasteiger partial charge >= 0.3 is 5.97 Å². The van der Waals surface area contributed by atoms with Gasteiger partial charge in [0.1, 0.15) is 10.7 Å². The predicted molar refractivity (Wildman–Crippen MR) is 82.2 cm³/mol. The highest BCUT2D eigenvalue weighted by Gasteiger charge is 2.16. The second-order valence-corrected chi connectivity index (χ2v) is 7.34. The van der Waals surface area contributed by atoms with E-state index in [1.54, 1.807) is 6.92 Å². The molecule has 0 aliphatic heterocycles. The van der Waals surface area contributed by atoms with Crippen molar-refractivity contribution in [2.75, 3.05) is 6.26 Å². The average molecular weight is 345 g/mol. The summed E-state index contributed by atoms with van der Waals surface area (Å²) in [6.07, 6.45) is 1.98. The molecule has 1 rings (SSSR count). The van der Waals surface area contributed by atoms with Gasteiger partial charge in [-0.3, -0.25) is 9.59 Å². The number of nitrogens with one attached hydrogen (secondary N) is 1. The standard InChI is InChI=1S/C15H20FNO5S/c1-10(17-14(18)5-3-4-6-15(19)20)11-7-8-13(12(16)9-11)23(2,21)22/h7-10H,3-6H2,1-2H3,(H,17,18)(H,19,20). The van der Waals surface area contributed by atoms with E-state index >= 15 is 0 Å². The number of hydrogen-bond acceptors (Lipinski definition) is 4. The Hall–Kier alpha value is -1.96. The molecule has 0 heterocycles. The molecule has 1 amide bonds. The van der Waals surface area contributed by atoms with E-state index in [0.29, 0.717) is 18.4 Å². The van der Waals surface area contributed by atoms with Gasteiger partial charge < -0.3 is 10.4 Å². The molecule has 1 atom stereocenters. The fourth-order valence-electron chi connectivity index (χ4n) is 2.05. The van der Waals surface area contributed by atoms with Gasteiger partial charge in [-0.15, -0.1) is 0 Å². The van der Waals surface area contributed by atoms with Crippen LogP contribution < -0.4 is 5.32 Å². The van der Waals surface area contributed by atoms with Gasteiger partial charge in [0.05, 0.1) is 6.04 Å². The van der Waals surface area contributed by atoms with Crippen LogP contribution in [0.1, 0.15) is 44.2 Å². The molecule has 0 saturated heterocycles. The molecule has 1 aromatic rings. The fraction of sp³-hybridized carbons (Fsp3) is 0.467. The topological polar surface area (TPSA) is 101 Å². The van der Waals surface area contributed by atoms with Gasteiger partial charge in [0.15, 0.2) is 9.84 Å². The van der Waals surface area contributed by atoms with Crippen molar-refractivity contribution in [2.24, 2.45) is 0 Å². The number of hydrogen-bond donors (Lipinski definition) is 2. The van der Waals surface area contributed by atoms with E-state index in [9.17, 15) is 22.4 Å². The molecule has 0 spiro atoms. The summed E-state index contributed by atoms with van der Waals surface area (Å²) < 4.78 is 36.5. The van der Waals surface area contributed by atoms with E-state index in [-0.39, 0.29) is 23.6 Å². The molecule has 6 nitrogen and oxygen atoms in total. The lowest BCUT2D eigenvalue weighted by molar-refractivity contribution is -0.137. The first-order valence-electron chi connectivity index (χ1n) is 7.12. The number of rotatable bonds is 8. The van der Waals surface area contributed by atoms with E-state index < -0.39 is 27.7 Å². The molecule has 0 aliphatic carbocycles. The maximum absolute atomic E-state index is 13.8. The SMILES string of the molecule is CC(NC(=O)CCCCC(=O)O)c1ccc(S(C)(=O)=O)c(F)c1. The normalized spacial score (nSPS) is 12.7. The first-order valence-corrected chi connectivity index (χ1v) is 9.01. The Kier molecular flexibility index (Phi) is 6.68. The highest BCUT2D eigenvalue weighted by Crippen LogP contribution is 2.20. The first-order chi connectivity index (χ1) is 10.6. The number of carboxylic acid groups (broad SMARTS) is 1. The van der Waals surface area contributed by atoms with Gasteiger partial charge in [0.25, 0.3) is 0 Å². The zero-order valence-electron chi connectivity index (χ0n) is 13.0. The molecule has 1 aromatic carbocycles.